The third kappa shape index (κ3) is 2.60. The molecule has 5 heteroatoms. The summed E-state index contributed by atoms with van der Waals surface area (Å²) in [6, 6.07) is 11.9. The van der Waals surface area contributed by atoms with Crippen molar-refractivity contribution in [3.63, 3.8) is 0 Å². The van der Waals surface area contributed by atoms with Crippen LogP contribution >= 0.6 is 0 Å². The summed E-state index contributed by atoms with van der Waals surface area (Å²) in [5.74, 6) is 1.90. The average molecular weight is 349 g/mol. The van der Waals surface area contributed by atoms with Gasteiger partial charge >= 0.3 is 0 Å². The number of fused-ring (bicyclic) bond motifs is 1. The maximum atomic E-state index is 10.2. The lowest BCUT2D eigenvalue weighted by molar-refractivity contribution is 0.373. The number of hydrogen-bond acceptors (Lipinski definition) is 4. The summed E-state index contributed by atoms with van der Waals surface area (Å²) in [5.41, 5.74) is 5.80. The standard InChI is InChI=1S/C21H23N3O2/c1-13-5-4-6-18(14(13)2)24-21-17(12-23-24)16(9-10-22-21)15-7-8-20(26-3)19(25)11-15/h4-8,11-12,16,22,25H,9-10H2,1-3H3. The molecule has 3 aromatic rings. The van der Waals surface area contributed by atoms with Crippen LogP contribution in [0.25, 0.3) is 5.69 Å². The molecule has 2 aromatic carbocycles. The number of hydrogen-bond donors (Lipinski definition) is 2. The summed E-state index contributed by atoms with van der Waals surface area (Å²) >= 11 is 0. The Labute approximate surface area is 153 Å². The molecule has 0 amide bonds. The number of rotatable bonds is 3. The van der Waals surface area contributed by atoms with Crippen molar-refractivity contribution in [2.24, 2.45) is 0 Å². The highest BCUT2D eigenvalue weighted by molar-refractivity contribution is 5.59. The second-order valence-corrected chi connectivity index (χ2v) is 6.78. The maximum Gasteiger partial charge on any atom is 0.160 e. The van der Waals surface area contributed by atoms with Crippen molar-refractivity contribution < 1.29 is 9.84 Å². The van der Waals surface area contributed by atoms with Crippen molar-refractivity contribution in [1.29, 1.82) is 0 Å². The van der Waals surface area contributed by atoms with E-state index >= 15 is 0 Å². The number of phenols is 1. The number of benzene rings is 2. The van der Waals surface area contributed by atoms with Crippen LogP contribution in [0.3, 0.4) is 0 Å². The van der Waals surface area contributed by atoms with Crippen LogP contribution in [0.15, 0.2) is 42.6 Å². The Hall–Kier alpha value is -2.95. The van der Waals surface area contributed by atoms with E-state index < -0.39 is 0 Å². The lowest BCUT2D eigenvalue weighted by Gasteiger charge is -2.25. The number of nitrogens with one attached hydrogen (secondary N) is 1. The first-order valence-corrected chi connectivity index (χ1v) is 8.85. The van der Waals surface area contributed by atoms with Gasteiger partial charge in [-0.15, -0.1) is 0 Å². The summed E-state index contributed by atoms with van der Waals surface area (Å²) in [6.07, 6.45) is 2.90. The predicted molar refractivity (Wildman–Crippen MR) is 103 cm³/mol. The number of methoxy groups -OCH3 is 1. The van der Waals surface area contributed by atoms with Gasteiger partial charge in [-0.05, 0) is 55.2 Å². The second-order valence-electron chi connectivity index (χ2n) is 6.78. The van der Waals surface area contributed by atoms with E-state index in [2.05, 4.69) is 42.5 Å². The highest BCUT2D eigenvalue weighted by Crippen LogP contribution is 2.40. The van der Waals surface area contributed by atoms with Gasteiger partial charge in [0.1, 0.15) is 5.82 Å². The van der Waals surface area contributed by atoms with Gasteiger partial charge in [-0.1, -0.05) is 18.2 Å². The van der Waals surface area contributed by atoms with Crippen LogP contribution in [0, 0.1) is 13.8 Å². The zero-order chi connectivity index (χ0) is 18.3. The molecule has 1 unspecified atom stereocenters. The molecular formula is C21H23N3O2. The van der Waals surface area contributed by atoms with Crippen molar-refractivity contribution in [3.05, 3.63) is 64.8 Å². The van der Waals surface area contributed by atoms with E-state index in [0.29, 0.717) is 5.75 Å². The van der Waals surface area contributed by atoms with Gasteiger partial charge in [-0.2, -0.15) is 5.10 Å². The number of phenolic OH excluding ortho intramolecular Hbond substituents is 1. The van der Waals surface area contributed by atoms with Crippen LogP contribution in [0.5, 0.6) is 11.5 Å². The minimum absolute atomic E-state index is 0.173. The lowest BCUT2D eigenvalue weighted by Crippen LogP contribution is -2.19. The number of aromatic nitrogens is 2. The van der Waals surface area contributed by atoms with Crippen molar-refractivity contribution in [2.75, 3.05) is 19.0 Å². The van der Waals surface area contributed by atoms with Gasteiger partial charge < -0.3 is 15.2 Å². The zero-order valence-corrected chi connectivity index (χ0v) is 15.3. The molecule has 0 saturated carbocycles. The lowest BCUT2D eigenvalue weighted by atomic mass is 9.87. The topological polar surface area (TPSA) is 59.3 Å². The molecule has 0 aliphatic carbocycles. The van der Waals surface area contributed by atoms with Gasteiger partial charge in [0.15, 0.2) is 11.5 Å². The molecule has 0 radical (unpaired) electrons. The predicted octanol–water partition coefficient (Wildman–Crippen LogP) is 4.15. The summed E-state index contributed by atoms with van der Waals surface area (Å²) in [5, 5.41) is 18.3. The van der Waals surface area contributed by atoms with E-state index in [-0.39, 0.29) is 11.7 Å². The fraction of sp³-hybridized carbons (Fsp3) is 0.286. The van der Waals surface area contributed by atoms with Crippen LogP contribution in [-0.2, 0) is 0 Å². The summed E-state index contributed by atoms with van der Waals surface area (Å²) < 4.78 is 7.16. The van der Waals surface area contributed by atoms with Gasteiger partial charge in [0, 0.05) is 18.0 Å². The van der Waals surface area contributed by atoms with Gasteiger partial charge in [-0.3, -0.25) is 0 Å². The third-order valence-corrected chi connectivity index (χ3v) is 5.31. The molecular weight excluding hydrogens is 326 g/mol. The van der Waals surface area contributed by atoms with Gasteiger partial charge in [0.25, 0.3) is 0 Å². The van der Waals surface area contributed by atoms with Crippen LogP contribution in [0.2, 0.25) is 0 Å². The van der Waals surface area contributed by atoms with E-state index in [1.807, 2.05) is 23.0 Å². The Balaban J connectivity index is 1.78. The second kappa shape index (κ2) is 6.41. The number of aromatic hydroxyl groups is 1. The van der Waals surface area contributed by atoms with Gasteiger partial charge in [-0.25, -0.2) is 4.68 Å². The molecule has 5 nitrogen and oxygen atoms in total. The quantitative estimate of drug-likeness (QED) is 0.746. The van der Waals surface area contributed by atoms with Crippen LogP contribution in [0.1, 0.15) is 34.6 Å². The Morgan fingerprint density at radius 2 is 2.08 bits per heavy atom. The Morgan fingerprint density at radius 3 is 2.85 bits per heavy atom. The normalized spacial score (nSPS) is 16.0. The highest BCUT2D eigenvalue weighted by Gasteiger charge is 2.27. The Bertz CT molecular complexity index is 962. The molecule has 4 rings (SSSR count). The van der Waals surface area contributed by atoms with Crippen molar-refractivity contribution >= 4 is 5.82 Å². The third-order valence-electron chi connectivity index (χ3n) is 5.31. The number of aryl methyl sites for hydroxylation is 1. The molecule has 0 fully saturated rings. The zero-order valence-electron chi connectivity index (χ0n) is 15.3. The molecule has 1 aromatic heterocycles. The van der Waals surface area contributed by atoms with Gasteiger partial charge in [0.2, 0.25) is 0 Å². The van der Waals surface area contributed by atoms with Crippen molar-refractivity contribution in [3.8, 4) is 17.2 Å². The molecule has 2 heterocycles. The van der Waals surface area contributed by atoms with Crippen LogP contribution in [-0.4, -0.2) is 28.5 Å². The van der Waals surface area contributed by atoms with E-state index in [1.165, 1.54) is 11.1 Å². The molecule has 2 N–H and O–H groups in total. The molecule has 26 heavy (non-hydrogen) atoms. The van der Waals surface area contributed by atoms with E-state index in [4.69, 9.17) is 4.74 Å². The highest BCUT2D eigenvalue weighted by atomic mass is 16.5. The fourth-order valence-electron chi connectivity index (χ4n) is 3.70. The minimum Gasteiger partial charge on any atom is -0.504 e. The first-order chi connectivity index (χ1) is 12.6. The smallest absolute Gasteiger partial charge is 0.160 e. The van der Waals surface area contributed by atoms with Gasteiger partial charge in [0.05, 0.1) is 19.0 Å². The average Bonchev–Trinajstić information content (AvgIpc) is 3.08. The molecule has 0 bridgehead atoms. The van der Waals surface area contributed by atoms with E-state index in [9.17, 15) is 5.11 Å². The van der Waals surface area contributed by atoms with E-state index in [0.717, 1.165) is 35.6 Å². The molecule has 134 valence electrons. The maximum absolute atomic E-state index is 10.2. The van der Waals surface area contributed by atoms with Crippen molar-refractivity contribution in [1.82, 2.24) is 9.78 Å². The largest absolute Gasteiger partial charge is 0.504 e. The number of anilines is 1. The van der Waals surface area contributed by atoms with E-state index in [1.54, 1.807) is 13.2 Å². The molecule has 0 spiro atoms. The number of ether oxygens (including phenoxy) is 1. The number of nitrogens with zero attached hydrogens (tertiary/aromatic N) is 2. The summed E-state index contributed by atoms with van der Waals surface area (Å²) in [7, 11) is 1.56. The summed E-state index contributed by atoms with van der Waals surface area (Å²) in [4.78, 5) is 0. The van der Waals surface area contributed by atoms with Crippen molar-refractivity contribution in [2.45, 2.75) is 26.2 Å². The molecule has 1 aliphatic rings. The minimum atomic E-state index is 0.173. The molecule has 1 aliphatic heterocycles. The first kappa shape index (κ1) is 16.5. The first-order valence-electron chi connectivity index (χ1n) is 8.85. The van der Waals surface area contributed by atoms with Crippen LogP contribution in [0.4, 0.5) is 5.82 Å². The monoisotopic (exact) mass is 349 g/mol. The van der Waals surface area contributed by atoms with Crippen LogP contribution < -0.4 is 10.1 Å². The Morgan fingerprint density at radius 1 is 1.23 bits per heavy atom. The Kier molecular flexibility index (Phi) is 4.07. The summed E-state index contributed by atoms with van der Waals surface area (Å²) in [6.45, 7) is 5.10. The molecule has 0 saturated heterocycles. The molecule has 1 atom stereocenters. The SMILES string of the molecule is COc1ccc(C2CCNc3c2cnn3-c2cccc(C)c2C)cc1O. The fourth-order valence-corrected chi connectivity index (χ4v) is 3.70.